The Hall–Kier alpha value is -2.46. The number of aromatic nitrogens is 1. The van der Waals surface area contributed by atoms with Gasteiger partial charge in [-0.3, -0.25) is 9.78 Å². The van der Waals surface area contributed by atoms with Gasteiger partial charge in [0, 0.05) is 23.9 Å². The second kappa shape index (κ2) is 3.60. The summed E-state index contributed by atoms with van der Waals surface area (Å²) < 4.78 is 0. The molecular weight excluding hydrogens is 202 g/mol. The molecule has 2 rings (SSSR count). The van der Waals surface area contributed by atoms with Crippen molar-refractivity contribution in [2.45, 2.75) is 6.92 Å². The molecule has 76 valence electrons. The third-order valence-corrected chi connectivity index (χ3v) is 2.68. The van der Waals surface area contributed by atoms with Crippen LogP contribution in [0.5, 0.6) is 0 Å². The zero-order chi connectivity index (χ0) is 11.7. The van der Waals surface area contributed by atoms with Gasteiger partial charge in [0.15, 0.2) is 5.78 Å². The first kappa shape index (κ1) is 10.1. The second-order valence-electron chi connectivity index (χ2n) is 3.49. The van der Waals surface area contributed by atoms with Gasteiger partial charge < -0.3 is 0 Å². The number of hydrogen-bond acceptors (Lipinski definition) is 3. The van der Waals surface area contributed by atoms with Crippen molar-refractivity contribution in [3.63, 3.8) is 0 Å². The van der Waals surface area contributed by atoms with Crippen molar-refractivity contribution in [2.75, 3.05) is 0 Å². The van der Waals surface area contributed by atoms with E-state index in [9.17, 15) is 4.79 Å². The maximum Gasteiger partial charge on any atom is 0.266 e. The molecule has 0 N–H and O–H groups in total. The summed E-state index contributed by atoms with van der Waals surface area (Å²) in [6, 6.07) is 3.51. The third kappa shape index (κ3) is 1.21. The Labute approximate surface area is 92.7 Å². The minimum absolute atomic E-state index is 0.00852. The molecule has 1 aliphatic carbocycles. The molecule has 1 aromatic heterocycles. The number of allylic oxidation sites excluding steroid dienone is 2. The Bertz CT molecular complexity index is 571. The first-order chi connectivity index (χ1) is 7.70. The third-order valence-electron chi connectivity index (χ3n) is 2.68. The van der Waals surface area contributed by atoms with E-state index in [1.165, 1.54) is 6.20 Å². The largest absolute Gasteiger partial charge is 0.293 e. The molecule has 1 atom stereocenters. The predicted octanol–water partition coefficient (Wildman–Crippen LogP) is 2.07. The molecule has 0 saturated carbocycles. The number of carbonyl (C=O) groups is 1. The van der Waals surface area contributed by atoms with Crippen LogP contribution in [-0.2, 0) is 0 Å². The number of nitrogens with zero attached hydrogens (tertiary/aromatic N) is 3. The van der Waals surface area contributed by atoms with E-state index in [1.807, 2.05) is 6.07 Å². The average molecular weight is 209 g/mol. The molecule has 0 saturated heterocycles. The molecule has 1 aromatic rings. The molecule has 0 aliphatic heterocycles. The first-order valence-corrected chi connectivity index (χ1v) is 4.71. The van der Waals surface area contributed by atoms with E-state index in [0.29, 0.717) is 16.7 Å². The number of hydrogen-bond donors (Lipinski definition) is 0. The van der Waals surface area contributed by atoms with Gasteiger partial charge in [-0.25, -0.2) is 10.1 Å². The lowest BCUT2D eigenvalue weighted by Crippen LogP contribution is -2.03. The van der Waals surface area contributed by atoms with Gasteiger partial charge in [-0.15, -0.1) is 0 Å². The van der Waals surface area contributed by atoms with Crippen LogP contribution < -0.4 is 0 Å². The van der Waals surface area contributed by atoms with Crippen molar-refractivity contribution in [3.05, 3.63) is 46.7 Å². The maximum absolute atomic E-state index is 11.9. The molecule has 1 unspecified atom stereocenters. The van der Waals surface area contributed by atoms with Crippen LogP contribution in [0.2, 0.25) is 0 Å². The summed E-state index contributed by atoms with van der Waals surface area (Å²) in [6.45, 7) is 8.65. The van der Waals surface area contributed by atoms with Gasteiger partial charge in [0.05, 0.1) is 12.6 Å². The smallest absolute Gasteiger partial charge is 0.266 e. The summed E-state index contributed by atoms with van der Waals surface area (Å²) in [7, 11) is 0. The highest BCUT2D eigenvalue weighted by molar-refractivity contribution is 6.14. The van der Waals surface area contributed by atoms with Crippen molar-refractivity contribution < 1.29 is 4.79 Å². The van der Waals surface area contributed by atoms with Gasteiger partial charge in [-0.1, -0.05) is 6.92 Å². The quantitative estimate of drug-likeness (QED) is 0.485. The van der Waals surface area contributed by atoms with E-state index >= 15 is 0 Å². The zero-order valence-electron chi connectivity index (χ0n) is 8.56. The molecule has 0 radical (unpaired) electrons. The molecule has 16 heavy (non-hydrogen) atoms. The maximum atomic E-state index is 11.9. The Balaban J connectivity index is 2.78. The van der Waals surface area contributed by atoms with Crippen LogP contribution in [0.15, 0.2) is 24.2 Å². The predicted molar refractivity (Wildman–Crippen MR) is 56.9 cm³/mol. The monoisotopic (exact) mass is 209 g/mol. The van der Waals surface area contributed by atoms with E-state index in [0.717, 1.165) is 0 Å². The molecule has 0 spiro atoms. The molecule has 1 aliphatic rings. The summed E-state index contributed by atoms with van der Waals surface area (Å²) in [6.07, 6.45) is 3.04. The number of nitriles is 1. The highest BCUT2D eigenvalue weighted by Gasteiger charge is 2.33. The zero-order valence-corrected chi connectivity index (χ0v) is 8.56. The fourth-order valence-corrected chi connectivity index (χ4v) is 1.90. The minimum atomic E-state index is -0.428. The SMILES string of the molecule is [C-]#[N+]/C(C#N)=C1/c2ccncc2C(=O)C1C. The van der Waals surface area contributed by atoms with Crippen LogP contribution in [0.3, 0.4) is 0 Å². The highest BCUT2D eigenvalue weighted by atomic mass is 16.1. The van der Waals surface area contributed by atoms with Crippen LogP contribution in [0.1, 0.15) is 22.8 Å². The second-order valence-corrected chi connectivity index (χ2v) is 3.49. The van der Waals surface area contributed by atoms with Crippen molar-refractivity contribution in [1.29, 1.82) is 5.26 Å². The van der Waals surface area contributed by atoms with E-state index in [4.69, 9.17) is 11.8 Å². The lowest BCUT2D eigenvalue weighted by atomic mass is 9.99. The Morgan fingerprint density at radius 2 is 2.38 bits per heavy atom. The van der Waals surface area contributed by atoms with Crippen molar-refractivity contribution >= 4 is 11.4 Å². The number of ketones is 1. The fraction of sp³-hybridized carbons (Fsp3) is 0.167. The summed E-state index contributed by atoms with van der Waals surface area (Å²) in [5.74, 6) is -0.502. The van der Waals surface area contributed by atoms with Crippen molar-refractivity contribution in [2.24, 2.45) is 5.92 Å². The Morgan fingerprint density at radius 3 is 3.00 bits per heavy atom. The molecule has 0 amide bonds. The number of pyridine rings is 1. The Morgan fingerprint density at radius 1 is 1.62 bits per heavy atom. The minimum Gasteiger partial charge on any atom is -0.293 e. The molecule has 4 nitrogen and oxygen atoms in total. The van der Waals surface area contributed by atoms with Crippen LogP contribution >= 0.6 is 0 Å². The van der Waals surface area contributed by atoms with Gasteiger partial charge in [0.25, 0.3) is 5.70 Å². The molecule has 0 fully saturated rings. The van der Waals surface area contributed by atoms with Crippen LogP contribution in [0.25, 0.3) is 10.4 Å². The van der Waals surface area contributed by atoms with Gasteiger partial charge in [-0.05, 0) is 17.2 Å². The molecular formula is C12H7N3O. The lowest BCUT2D eigenvalue weighted by molar-refractivity contribution is 0.0965. The summed E-state index contributed by atoms with van der Waals surface area (Å²) in [5, 5.41) is 8.87. The average Bonchev–Trinajstić information content (AvgIpc) is 2.57. The van der Waals surface area contributed by atoms with E-state index in [2.05, 4.69) is 9.83 Å². The van der Waals surface area contributed by atoms with E-state index in [-0.39, 0.29) is 11.5 Å². The molecule has 4 heteroatoms. The summed E-state index contributed by atoms with van der Waals surface area (Å²) in [4.78, 5) is 18.9. The topological polar surface area (TPSA) is 58.1 Å². The summed E-state index contributed by atoms with van der Waals surface area (Å²) >= 11 is 0. The van der Waals surface area contributed by atoms with Crippen molar-refractivity contribution in [3.8, 4) is 6.07 Å². The number of fused-ring (bicyclic) bond motifs is 1. The standard InChI is InChI=1S/C12H7N3O/c1-7-11(10(5-13)14-2)8-3-4-15-6-9(8)12(7)16/h3-4,6-7H,1H3/b11-10+. The summed E-state index contributed by atoms with van der Waals surface area (Å²) in [5.41, 5.74) is 1.69. The van der Waals surface area contributed by atoms with Gasteiger partial charge in [0.2, 0.25) is 0 Å². The normalized spacial score (nSPS) is 20.9. The van der Waals surface area contributed by atoms with Crippen LogP contribution in [0.4, 0.5) is 0 Å². The van der Waals surface area contributed by atoms with Gasteiger partial charge in [0.1, 0.15) is 0 Å². The number of Topliss-reactive ketones (excluding diaryl/α,β-unsaturated/α-hetero) is 1. The fourth-order valence-electron chi connectivity index (χ4n) is 1.90. The lowest BCUT2D eigenvalue weighted by Gasteiger charge is -2.03. The Kier molecular flexibility index (Phi) is 2.27. The highest BCUT2D eigenvalue weighted by Crippen LogP contribution is 2.38. The molecule has 0 bridgehead atoms. The van der Waals surface area contributed by atoms with Crippen LogP contribution in [0, 0.1) is 23.8 Å². The molecule has 0 aromatic carbocycles. The van der Waals surface area contributed by atoms with Crippen LogP contribution in [-0.4, -0.2) is 10.8 Å². The molecule has 1 heterocycles. The van der Waals surface area contributed by atoms with E-state index in [1.54, 1.807) is 19.2 Å². The number of rotatable bonds is 0. The van der Waals surface area contributed by atoms with Gasteiger partial charge >= 0.3 is 0 Å². The first-order valence-electron chi connectivity index (χ1n) is 4.71. The van der Waals surface area contributed by atoms with Crippen molar-refractivity contribution in [1.82, 2.24) is 4.98 Å². The number of carbonyl (C=O) groups excluding carboxylic acids is 1. The van der Waals surface area contributed by atoms with E-state index < -0.39 is 5.92 Å². The van der Waals surface area contributed by atoms with Gasteiger partial charge in [-0.2, -0.15) is 0 Å².